The first kappa shape index (κ1) is 58.8. The van der Waals surface area contributed by atoms with Gasteiger partial charge >= 0.3 is 48.1 Å². The maximum Gasteiger partial charge on any atom is 0.510 e. The van der Waals surface area contributed by atoms with E-state index in [1.165, 1.54) is 27.7 Å². The van der Waals surface area contributed by atoms with Gasteiger partial charge in [-0.05, 0) is 115 Å². The van der Waals surface area contributed by atoms with Crippen molar-refractivity contribution >= 4 is 18.1 Å². The molecule has 0 radical (unpaired) electrons. The van der Waals surface area contributed by atoms with Gasteiger partial charge in [0.1, 0.15) is 17.3 Å². The summed E-state index contributed by atoms with van der Waals surface area (Å²) in [5.74, 6) is -13.5. The summed E-state index contributed by atoms with van der Waals surface area (Å²) in [6, 6.07) is 0. The highest BCUT2D eigenvalue weighted by Gasteiger charge is 2.79. The van der Waals surface area contributed by atoms with Gasteiger partial charge in [-0.1, -0.05) is 21.8 Å². The van der Waals surface area contributed by atoms with Crippen LogP contribution in [0.3, 0.4) is 0 Å². The van der Waals surface area contributed by atoms with Crippen LogP contribution < -0.4 is 0 Å². The maximum atomic E-state index is 15.1. The van der Waals surface area contributed by atoms with Crippen molar-refractivity contribution < 1.29 is 95.5 Å². The van der Waals surface area contributed by atoms with Crippen molar-refractivity contribution in [1.82, 2.24) is 0 Å². The maximum absolute atomic E-state index is 15.1. The Kier molecular flexibility index (Phi) is 19.0. The number of rotatable bonds is 15. The SMILES string of the molecule is C.C.C=C(OC(C)(C)C)OC(C)(C1CC(OC(=O)C(C)(CC)CC(C)(C)C(=O)OCC(F)(F)C(C)F)CC(C(OC(=O)OC(C)(C)C)(C(F)(F)F)C(F)(F)F)C1)C(F)(F)F. The van der Waals surface area contributed by atoms with Crippen LogP contribution in [0.2, 0.25) is 0 Å². The van der Waals surface area contributed by atoms with Gasteiger partial charge in [0.25, 0.3) is 5.95 Å². The summed E-state index contributed by atoms with van der Waals surface area (Å²) in [4.78, 5) is 39.3. The smallest absolute Gasteiger partial charge is 0.462 e. The lowest BCUT2D eigenvalue weighted by Crippen LogP contribution is -2.67. The summed E-state index contributed by atoms with van der Waals surface area (Å²) in [7, 11) is 0. The summed E-state index contributed by atoms with van der Waals surface area (Å²) in [6.45, 7) is 14.6. The monoisotopic (exact) mass is 902 g/mol. The van der Waals surface area contributed by atoms with Crippen molar-refractivity contribution in [3.63, 3.8) is 0 Å². The molecule has 0 amide bonds. The molecule has 0 aromatic carbocycles. The Hall–Kier alpha value is -3.29. The molecule has 1 fully saturated rings. The second-order valence-electron chi connectivity index (χ2n) is 17.6. The second-order valence-corrected chi connectivity index (χ2v) is 17.6. The minimum absolute atomic E-state index is 0. The zero-order valence-corrected chi connectivity index (χ0v) is 34.5. The number of hydrogen-bond donors (Lipinski definition) is 0. The lowest BCUT2D eigenvalue weighted by Gasteiger charge is -2.50. The molecule has 356 valence electrons. The highest BCUT2D eigenvalue weighted by Crippen LogP contribution is 2.58. The van der Waals surface area contributed by atoms with Crippen molar-refractivity contribution in [3.05, 3.63) is 12.5 Å². The van der Waals surface area contributed by atoms with Crippen molar-refractivity contribution in [2.24, 2.45) is 22.7 Å². The van der Waals surface area contributed by atoms with E-state index in [9.17, 15) is 27.6 Å². The first-order valence-electron chi connectivity index (χ1n) is 18.1. The Balaban J connectivity index is 0. The van der Waals surface area contributed by atoms with Gasteiger partial charge in [-0.15, -0.1) is 0 Å². The van der Waals surface area contributed by atoms with E-state index < -0.39 is 138 Å². The number of carbonyl (C=O) groups excluding carboxylic acids is 3. The van der Waals surface area contributed by atoms with Crippen LogP contribution in [0.25, 0.3) is 0 Å². The van der Waals surface area contributed by atoms with Crippen LogP contribution in [0.1, 0.15) is 130 Å². The van der Waals surface area contributed by atoms with Crippen molar-refractivity contribution in [2.45, 2.75) is 189 Å². The lowest BCUT2D eigenvalue weighted by molar-refractivity contribution is -0.392. The van der Waals surface area contributed by atoms with E-state index in [0.717, 1.165) is 41.5 Å². The van der Waals surface area contributed by atoms with Crippen LogP contribution in [0.5, 0.6) is 0 Å². The Morgan fingerprint density at radius 1 is 0.650 bits per heavy atom. The third-order valence-corrected chi connectivity index (χ3v) is 9.71. The van der Waals surface area contributed by atoms with E-state index in [0.29, 0.717) is 13.8 Å². The molecule has 0 heterocycles. The predicted molar refractivity (Wildman–Crippen MR) is 195 cm³/mol. The molecule has 0 aliphatic heterocycles. The number of halogens is 12. The molecular weight excluding hydrogens is 840 g/mol. The Morgan fingerprint density at radius 3 is 1.48 bits per heavy atom. The second kappa shape index (κ2) is 19.4. The summed E-state index contributed by atoms with van der Waals surface area (Å²) in [6.07, 6.45) is -31.3. The molecule has 1 saturated carbocycles. The number of alkyl halides is 12. The zero-order valence-electron chi connectivity index (χ0n) is 34.5. The largest absolute Gasteiger partial charge is 0.510 e. The Morgan fingerprint density at radius 2 is 1.10 bits per heavy atom. The normalized spacial score (nSPS) is 21.0. The quantitative estimate of drug-likeness (QED) is 0.0687. The average molecular weight is 903 g/mol. The van der Waals surface area contributed by atoms with Crippen LogP contribution in [0.15, 0.2) is 12.5 Å². The van der Waals surface area contributed by atoms with Gasteiger partial charge in [0.15, 0.2) is 12.8 Å². The molecule has 21 heteroatoms. The number of ether oxygens (including phenoxy) is 6. The fraction of sp³-hybridized carbons (Fsp3) is 0.872. The van der Waals surface area contributed by atoms with Crippen LogP contribution in [0, 0.1) is 22.7 Å². The first-order valence-corrected chi connectivity index (χ1v) is 18.1. The van der Waals surface area contributed by atoms with Crippen LogP contribution in [-0.2, 0) is 38.0 Å². The molecule has 0 N–H and O–H groups in total. The van der Waals surface area contributed by atoms with Crippen molar-refractivity contribution in [2.75, 3.05) is 6.61 Å². The van der Waals surface area contributed by atoms with Crippen molar-refractivity contribution in [3.8, 4) is 0 Å². The van der Waals surface area contributed by atoms with Crippen molar-refractivity contribution in [1.29, 1.82) is 0 Å². The van der Waals surface area contributed by atoms with E-state index in [2.05, 4.69) is 20.8 Å². The van der Waals surface area contributed by atoms with Gasteiger partial charge in [-0.2, -0.15) is 48.3 Å². The summed E-state index contributed by atoms with van der Waals surface area (Å²) in [5, 5.41) is 0. The highest BCUT2D eigenvalue weighted by molar-refractivity contribution is 5.80. The van der Waals surface area contributed by atoms with Crippen LogP contribution in [0.4, 0.5) is 57.5 Å². The lowest BCUT2D eigenvalue weighted by atomic mass is 9.66. The molecular formula is C39H62F12O9. The molecule has 0 aromatic heterocycles. The predicted octanol–water partition coefficient (Wildman–Crippen LogP) is 12.4. The molecule has 0 aromatic rings. The van der Waals surface area contributed by atoms with Gasteiger partial charge in [0.2, 0.25) is 5.60 Å². The van der Waals surface area contributed by atoms with E-state index in [4.69, 9.17) is 14.2 Å². The molecule has 0 saturated heterocycles. The van der Waals surface area contributed by atoms with Gasteiger partial charge < -0.3 is 28.4 Å². The van der Waals surface area contributed by atoms with Gasteiger partial charge in [0, 0.05) is 11.8 Å². The molecule has 1 rings (SSSR count). The molecule has 6 unspecified atom stereocenters. The number of hydrogen-bond acceptors (Lipinski definition) is 9. The third-order valence-electron chi connectivity index (χ3n) is 9.71. The summed E-state index contributed by atoms with van der Waals surface area (Å²) in [5.41, 5.74) is -16.0. The minimum atomic E-state index is -6.57. The number of esters is 2. The third kappa shape index (κ3) is 14.4. The fourth-order valence-corrected chi connectivity index (χ4v) is 6.50. The first-order chi connectivity index (χ1) is 25.5. The van der Waals surface area contributed by atoms with Gasteiger partial charge in [-0.3, -0.25) is 9.59 Å². The van der Waals surface area contributed by atoms with E-state index in [1.54, 1.807) is 0 Å². The molecule has 1 aliphatic rings. The molecule has 60 heavy (non-hydrogen) atoms. The van der Waals surface area contributed by atoms with Gasteiger partial charge in [-0.25, -0.2) is 9.18 Å². The highest BCUT2D eigenvalue weighted by atomic mass is 19.4. The van der Waals surface area contributed by atoms with E-state index >= 15 is 39.5 Å². The Bertz CT molecular complexity index is 1450. The molecule has 9 nitrogen and oxygen atoms in total. The van der Waals surface area contributed by atoms with Gasteiger partial charge in [0.05, 0.1) is 10.8 Å². The standard InChI is InChI=1S/C37H54F12O9.2CH4/c1-14-31(12,18-30(10,11)25(50)53-19-33(39,40)20(2)38)26(51)54-24-16-22(32(13,35(41,42)43)56-21(3)55-28(4,5)6)15-23(17-24)34(36(44,45)46,37(47,48)49)58-27(52)57-29(7,8)9;;/h20,22-24H,3,14-19H2,1-2,4-13H3;2*1H4. The molecule has 0 bridgehead atoms. The zero-order chi connectivity index (χ0) is 46.1. The van der Waals surface area contributed by atoms with E-state index in [1.807, 2.05) is 0 Å². The summed E-state index contributed by atoms with van der Waals surface area (Å²) >= 11 is 0. The number of carbonyl (C=O) groups is 3. The Labute approximate surface area is 344 Å². The van der Waals surface area contributed by atoms with Crippen LogP contribution >= 0.6 is 0 Å². The molecule has 6 atom stereocenters. The summed E-state index contributed by atoms with van der Waals surface area (Å²) < 4.78 is 205. The minimum Gasteiger partial charge on any atom is -0.462 e. The topological polar surface area (TPSA) is 107 Å². The average Bonchev–Trinajstić information content (AvgIpc) is 2.98. The fourth-order valence-electron chi connectivity index (χ4n) is 6.50. The van der Waals surface area contributed by atoms with E-state index in [-0.39, 0.29) is 21.3 Å². The molecule has 0 spiro atoms. The van der Waals surface area contributed by atoms with Crippen LogP contribution in [-0.4, -0.2) is 83.8 Å². The molecule has 1 aliphatic carbocycles.